The average Bonchev–Trinajstić information content (AvgIpc) is 3.27. The maximum Gasteiger partial charge on any atom is 0.326 e. The Labute approximate surface area is 155 Å². The number of benzene rings is 1. The molecule has 0 aliphatic carbocycles. The smallest absolute Gasteiger partial charge is 0.326 e. The summed E-state index contributed by atoms with van der Waals surface area (Å²) in [5, 5.41) is 7.81. The number of carbonyl (C=O) groups is 1. The predicted octanol–water partition coefficient (Wildman–Crippen LogP) is 1.94. The topological polar surface area (TPSA) is 113 Å². The lowest BCUT2D eigenvalue weighted by Gasteiger charge is -2.33. The van der Waals surface area contributed by atoms with Crippen LogP contribution in [0.3, 0.4) is 0 Å². The lowest BCUT2D eigenvalue weighted by Crippen LogP contribution is -2.43. The van der Waals surface area contributed by atoms with Gasteiger partial charge in [0.05, 0.1) is 29.5 Å². The van der Waals surface area contributed by atoms with Gasteiger partial charge >= 0.3 is 6.03 Å². The molecular formula is C18H19N7O2. The van der Waals surface area contributed by atoms with Gasteiger partial charge in [-0.3, -0.25) is 5.10 Å². The van der Waals surface area contributed by atoms with Gasteiger partial charge in [0.2, 0.25) is 5.95 Å². The van der Waals surface area contributed by atoms with E-state index in [0.717, 1.165) is 37.1 Å². The number of nitrogens with zero attached hydrogens (tertiary/aromatic N) is 5. The van der Waals surface area contributed by atoms with E-state index in [1.807, 2.05) is 18.2 Å². The zero-order chi connectivity index (χ0) is 18.4. The number of rotatable bonds is 3. The zero-order valence-corrected chi connectivity index (χ0v) is 14.6. The fraction of sp³-hybridized carbons (Fsp3) is 0.333. The molecule has 27 heavy (non-hydrogen) atoms. The molecule has 0 spiro atoms. The van der Waals surface area contributed by atoms with E-state index in [-0.39, 0.29) is 18.2 Å². The molecule has 138 valence electrons. The number of para-hydroxylation sites is 1. The zero-order valence-electron chi connectivity index (χ0n) is 14.6. The number of anilines is 3. The summed E-state index contributed by atoms with van der Waals surface area (Å²) < 4.78 is 5.93. The summed E-state index contributed by atoms with van der Waals surface area (Å²) in [5.74, 6) is 0.963. The number of carbonyl (C=O) groups excluding carboxylic acids is 1. The van der Waals surface area contributed by atoms with Crippen LogP contribution >= 0.6 is 0 Å². The number of ether oxygens (including phenoxy) is 1. The first-order chi connectivity index (χ1) is 13.2. The number of nitrogens with one attached hydrogen (secondary N) is 1. The molecule has 2 bridgehead atoms. The van der Waals surface area contributed by atoms with E-state index in [9.17, 15) is 4.79 Å². The first-order valence-corrected chi connectivity index (χ1v) is 8.95. The number of aromatic amines is 1. The van der Waals surface area contributed by atoms with E-state index in [1.165, 1.54) is 4.90 Å². The second-order valence-corrected chi connectivity index (χ2v) is 6.85. The van der Waals surface area contributed by atoms with Gasteiger partial charge in [-0.1, -0.05) is 18.2 Å². The van der Waals surface area contributed by atoms with Gasteiger partial charge in [-0.2, -0.15) is 15.1 Å². The third kappa shape index (κ3) is 2.76. The molecule has 2 amide bonds. The monoisotopic (exact) mass is 365 g/mol. The normalized spacial score (nSPS) is 21.6. The maximum atomic E-state index is 12.2. The molecule has 2 unspecified atom stereocenters. The van der Waals surface area contributed by atoms with Gasteiger partial charge in [0, 0.05) is 13.1 Å². The summed E-state index contributed by atoms with van der Waals surface area (Å²) in [5.41, 5.74) is 6.82. The summed E-state index contributed by atoms with van der Waals surface area (Å²) in [6, 6.07) is 8.48. The number of amides is 2. The fourth-order valence-corrected chi connectivity index (χ4v) is 3.86. The quantitative estimate of drug-likeness (QED) is 0.733. The summed E-state index contributed by atoms with van der Waals surface area (Å²) >= 11 is 0. The van der Waals surface area contributed by atoms with Crippen molar-refractivity contribution in [2.24, 2.45) is 5.73 Å². The van der Waals surface area contributed by atoms with Crippen LogP contribution in [0, 0.1) is 0 Å². The molecule has 0 radical (unpaired) electrons. The molecule has 2 aromatic heterocycles. The first kappa shape index (κ1) is 16.0. The number of H-pyrrole nitrogens is 1. The Balaban J connectivity index is 1.62. The Morgan fingerprint density at radius 1 is 1.19 bits per heavy atom. The minimum atomic E-state index is -0.645. The van der Waals surface area contributed by atoms with Crippen LogP contribution < -0.4 is 15.5 Å². The predicted molar refractivity (Wildman–Crippen MR) is 100.0 cm³/mol. The minimum Gasteiger partial charge on any atom is -0.371 e. The maximum absolute atomic E-state index is 12.2. The number of hydrogen-bond donors (Lipinski definition) is 2. The van der Waals surface area contributed by atoms with E-state index in [1.54, 1.807) is 18.3 Å². The largest absolute Gasteiger partial charge is 0.371 e. The van der Waals surface area contributed by atoms with Crippen molar-refractivity contribution in [2.75, 3.05) is 22.9 Å². The molecule has 3 aromatic rings. The standard InChI is InChI=1S/C18H19N7O2/c19-17(26)25(11-4-2-1-3-5-11)18-21-15-14(8-20-23-15)16(22-18)24-9-12-6-7-13(10-24)27-12/h1-5,8,12-13H,6-7,9-10H2,(H2,19,26)(H,20,21,22,23). The number of nitrogens with two attached hydrogens (primary N) is 1. The third-order valence-electron chi connectivity index (χ3n) is 5.06. The van der Waals surface area contributed by atoms with Crippen molar-refractivity contribution in [3.05, 3.63) is 36.5 Å². The van der Waals surface area contributed by atoms with Crippen LogP contribution in [0.4, 0.5) is 22.2 Å². The van der Waals surface area contributed by atoms with Gasteiger partial charge in [-0.15, -0.1) is 0 Å². The molecule has 1 aromatic carbocycles. The highest BCUT2D eigenvalue weighted by Gasteiger charge is 2.35. The minimum absolute atomic E-state index is 0.213. The van der Waals surface area contributed by atoms with Crippen molar-refractivity contribution in [1.82, 2.24) is 20.2 Å². The summed E-state index contributed by atoms with van der Waals surface area (Å²) in [4.78, 5) is 24.9. The van der Waals surface area contributed by atoms with Crippen molar-refractivity contribution < 1.29 is 9.53 Å². The summed E-state index contributed by atoms with van der Waals surface area (Å²) in [7, 11) is 0. The van der Waals surface area contributed by atoms with Crippen LogP contribution in [0.5, 0.6) is 0 Å². The van der Waals surface area contributed by atoms with Crippen molar-refractivity contribution in [3.63, 3.8) is 0 Å². The molecule has 2 aliphatic rings. The molecule has 9 nitrogen and oxygen atoms in total. The lowest BCUT2D eigenvalue weighted by molar-refractivity contribution is 0.0303. The SMILES string of the molecule is NC(=O)N(c1ccccc1)c1nc(N2CC3CCC(C2)O3)c2cn[nH]c2n1. The Hall–Kier alpha value is -3.20. The van der Waals surface area contributed by atoms with Crippen LogP contribution in [-0.4, -0.2) is 51.5 Å². The van der Waals surface area contributed by atoms with E-state index < -0.39 is 6.03 Å². The second-order valence-electron chi connectivity index (χ2n) is 6.85. The first-order valence-electron chi connectivity index (χ1n) is 8.95. The Morgan fingerprint density at radius 2 is 1.93 bits per heavy atom. The van der Waals surface area contributed by atoms with Gasteiger partial charge in [0.25, 0.3) is 0 Å². The van der Waals surface area contributed by atoms with Crippen LogP contribution in [0.15, 0.2) is 36.5 Å². The van der Waals surface area contributed by atoms with Gasteiger partial charge in [0.1, 0.15) is 5.82 Å². The second kappa shape index (κ2) is 6.20. The molecule has 2 atom stereocenters. The molecule has 2 fully saturated rings. The van der Waals surface area contributed by atoms with Crippen LogP contribution in [0.2, 0.25) is 0 Å². The van der Waals surface area contributed by atoms with Crippen molar-refractivity contribution in [2.45, 2.75) is 25.0 Å². The fourth-order valence-electron chi connectivity index (χ4n) is 3.86. The number of urea groups is 1. The lowest BCUT2D eigenvalue weighted by atomic mass is 10.2. The van der Waals surface area contributed by atoms with E-state index in [2.05, 4.69) is 20.1 Å². The van der Waals surface area contributed by atoms with Crippen LogP contribution in [-0.2, 0) is 4.74 Å². The molecule has 3 N–H and O–H groups in total. The van der Waals surface area contributed by atoms with Gasteiger partial charge < -0.3 is 15.4 Å². The highest BCUT2D eigenvalue weighted by molar-refractivity contribution is 5.98. The van der Waals surface area contributed by atoms with Gasteiger partial charge in [-0.25, -0.2) is 9.69 Å². The van der Waals surface area contributed by atoms with Crippen molar-refractivity contribution in [1.29, 1.82) is 0 Å². The molecule has 5 rings (SSSR count). The van der Waals surface area contributed by atoms with Crippen molar-refractivity contribution in [3.8, 4) is 0 Å². The Kier molecular flexibility index (Phi) is 3.68. The molecular weight excluding hydrogens is 346 g/mol. The Morgan fingerprint density at radius 3 is 2.63 bits per heavy atom. The third-order valence-corrected chi connectivity index (χ3v) is 5.06. The highest BCUT2D eigenvalue weighted by Crippen LogP contribution is 2.33. The van der Waals surface area contributed by atoms with Gasteiger partial charge in [0.15, 0.2) is 5.65 Å². The van der Waals surface area contributed by atoms with E-state index >= 15 is 0 Å². The van der Waals surface area contributed by atoms with Crippen LogP contribution in [0.25, 0.3) is 11.0 Å². The van der Waals surface area contributed by atoms with Crippen molar-refractivity contribution >= 4 is 34.5 Å². The van der Waals surface area contributed by atoms with E-state index in [4.69, 9.17) is 15.5 Å². The van der Waals surface area contributed by atoms with Gasteiger partial charge in [-0.05, 0) is 25.0 Å². The highest BCUT2D eigenvalue weighted by atomic mass is 16.5. The number of fused-ring (bicyclic) bond motifs is 3. The van der Waals surface area contributed by atoms with Crippen LogP contribution in [0.1, 0.15) is 12.8 Å². The average molecular weight is 365 g/mol. The summed E-state index contributed by atoms with van der Waals surface area (Å²) in [6.45, 7) is 1.52. The molecule has 2 aliphatic heterocycles. The molecule has 9 heteroatoms. The molecule has 0 saturated carbocycles. The molecule has 2 saturated heterocycles. The number of aromatic nitrogens is 4. The number of morpholine rings is 1. The Bertz CT molecular complexity index is 978. The van der Waals surface area contributed by atoms with E-state index in [0.29, 0.717) is 11.3 Å². The molecule has 4 heterocycles. The number of hydrogen-bond acceptors (Lipinski definition) is 6. The summed E-state index contributed by atoms with van der Waals surface area (Å²) in [6.07, 6.45) is 4.26. The number of primary amides is 1.